The third-order valence-electron chi connectivity index (χ3n) is 4.54. The fourth-order valence-electron chi connectivity index (χ4n) is 3.74. The minimum absolute atomic E-state index is 0.106. The quantitative estimate of drug-likeness (QED) is 0.602. The molecule has 0 aromatic carbocycles. The molecule has 0 aromatic heterocycles. The predicted octanol–water partition coefficient (Wildman–Crippen LogP) is 3.13. The summed E-state index contributed by atoms with van der Waals surface area (Å²) in [4.78, 5) is 0. The predicted molar refractivity (Wildman–Crippen MR) is 69.4 cm³/mol. The minimum Gasteiger partial charge on any atom is -0.490 e. The van der Waals surface area contributed by atoms with Crippen LogP contribution in [0.1, 0.15) is 33.1 Å². The molecule has 6 atom stereocenters. The molecule has 17 heavy (non-hydrogen) atoms. The number of fused-ring (bicyclic) bond motifs is 2. The second kappa shape index (κ2) is 4.85. The van der Waals surface area contributed by atoms with Gasteiger partial charge in [0.15, 0.2) is 0 Å². The van der Waals surface area contributed by atoms with Crippen LogP contribution in [0.5, 0.6) is 0 Å². The van der Waals surface area contributed by atoms with E-state index in [9.17, 15) is 5.11 Å². The largest absolute Gasteiger partial charge is 0.490 e. The van der Waals surface area contributed by atoms with Gasteiger partial charge in [0.25, 0.3) is 0 Å². The molecule has 2 saturated carbocycles. The number of hydrogen-bond acceptors (Lipinski definition) is 2. The molecular formula is C15H24O2. The van der Waals surface area contributed by atoms with Crippen molar-refractivity contribution in [3.63, 3.8) is 0 Å². The summed E-state index contributed by atoms with van der Waals surface area (Å²) in [5, 5.41) is 10.3. The number of ether oxygens (including phenoxy) is 1. The highest BCUT2D eigenvalue weighted by Crippen LogP contribution is 2.46. The maximum atomic E-state index is 10.3. The lowest BCUT2D eigenvalue weighted by molar-refractivity contribution is -0.117. The lowest BCUT2D eigenvalue weighted by Crippen LogP contribution is -2.50. The van der Waals surface area contributed by atoms with Gasteiger partial charge in [0, 0.05) is 5.92 Å². The summed E-state index contributed by atoms with van der Waals surface area (Å²) in [6, 6.07) is 0. The summed E-state index contributed by atoms with van der Waals surface area (Å²) < 4.78 is 5.88. The van der Waals surface area contributed by atoms with Crippen molar-refractivity contribution in [2.45, 2.75) is 45.3 Å². The molecule has 0 spiro atoms. The van der Waals surface area contributed by atoms with Gasteiger partial charge in [-0.05, 0) is 43.1 Å². The zero-order valence-corrected chi connectivity index (χ0v) is 10.9. The topological polar surface area (TPSA) is 29.5 Å². The van der Waals surface area contributed by atoms with E-state index in [1.54, 1.807) is 6.08 Å². The van der Waals surface area contributed by atoms with E-state index in [-0.39, 0.29) is 18.1 Å². The highest BCUT2D eigenvalue weighted by Gasteiger charge is 2.46. The SMILES string of the molecule is C=CC(=C)OC1C2CC(C)CC(C2)C(O)C1C. The molecule has 2 aliphatic carbocycles. The summed E-state index contributed by atoms with van der Waals surface area (Å²) in [6.45, 7) is 11.9. The van der Waals surface area contributed by atoms with Gasteiger partial charge < -0.3 is 9.84 Å². The molecule has 2 aliphatic rings. The van der Waals surface area contributed by atoms with Crippen LogP contribution in [-0.4, -0.2) is 17.3 Å². The molecule has 2 nitrogen and oxygen atoms in total. The highest BCUT2D eigenvalue weighted by molar-refractivity contribution is 5.05. The van der Waals surface area contributed by atoms with Gasteiger partial charge in [-0.3, -0.25) is 0 Å². The Morgan fingerprint density at radius 1 is 1.24 bits per heavy atom. The third kappa shape index (κ3) is 2.42. The fourth-order valence-corrected chi connectivity index (χ4v) is 3.74. The summed E-state index contributed by atoms with van der Waals surface area (Å²) in [5.41, 5.74) is 0. The monoisotopic (exact) mass is 236 g/mol. The number of hydrogen-bond donors (Lipinski definition) is 1. The van der Waals surface area contributed by atoms with E-state index < -0.39 is 0 Å². The molecule has 2 bridgehead atoms. The van der Waals surface area contributed by atoms with Gasteiger partial charge in [-0.1, -0.05) is 27.0 Å². The van der Waals surface area contributed by atoms with E-state index in [1.165, 1.54) is 6.42 Å². The second-order valence-electron chi connectivity index (χ2n) is 5.94. The number of aliphatic hydroxyl groups is 1. The van der Waals surface area contributed by atoms with Gasteiger partial charge in [-0.25, -0.2) is 0 Å². The maximum absolute atomic E-state index is 10.3. The maximum Gasteiger partial charge on any atom is 0.111 e. The van der Waals surface area contributed by atoms with Crippen molar-refractivity contribution in [3.8, 4) is 0 Å². The molecule has 0 saturated heterocycles. The van der Waals surface area contributed by atoms with E-state index >= 15 is 0 Å². The summed E-state index contributed by atoms with van der Waals surface area (Å²) in [7, 11) is 0. The van der Waals surface area contributed by atoms with Crippen LogP contribution in [0.2, 0.25) is 0 Å². The van der Waals surface area contributed by atoms with Gasteiger partial charge in [0.1, 0.15) is 11.9 Å². The molecule has 6 unspecified atom stereocenters. The van der Waals surface area contributed by atoms with Crippen LogP contribution in [-0.2, 0) is 4.74 Å². The highest BCUT2D eigenvalue weighted by atomic mass is 16.5. The molecule has 0 radical (unpaired) electrons. The molecular weight excluding hydrogens is 212 g/mol. The molecule has 0 amide bonds. The van der Waals surface area contributed by atoms with Crippen LogP contribution in [0.25, 0.3) is 0 Å². The molecule has 0 aromatic rings. The number of aliphatic hydroxyl groups excluding tert-OH is 1. The Morgan fingerprint density at radius 3 is 2.53 bits per heavy atom. The van der Waals surface area contributed by atoms with Gasteiger partial charge in [-0.15, -0.1) is 0 Å². The van der Waals surface area contributed by atoms with Crippen molar-refractivity contribution >= 4 is 0 Å². The first kappa shape index (κ1) is 12.7. The number of allylic oxidation sites excluding steroid dienone is 1. The molecule has 2 heteroatoms. The Hall–Kier alpha value is -0.760. The summed E-state index contributed by atoms with van der Waals surface area (Å²) in [6.07, 6.45) is 5.01. The van der Waals surface area contributed by atoms with E-state index in [0.29, 0.717) is 23.5 Å². The lowest BCUT2D eigenvalue weighted by atomic mass is 9.62. The van der Waals surface area contributed by atoms with Crippen LogP contribution in [0, 0.1) is 23.7 Å². The Balaban J connectivity index is 2.13. The molecule has 0 aliphatic heterocycles. The normalized spacial score (nSPS) is 45.1. The van der Waals surface area contributed by atoms with Crippen molar-refractivity contribution in [2.75, 3.05) is 0 Å². The molecule has 96 valence electrons. The van der Waals surface area contributed by atoms with E-state index in [0.717, 1.165) is 12.8 Å². The van der Waals surface area contributed by atoms with Gasteiger partial charge in [-0.2, -0.15) is 0 Å². The van der Waals surface area contributed by atoms with Gasteiger partial charge >= 0.3 is 0 Å². The first-order chi connectivity index (χ1) is 8.02. The Kier molecular flexibility index (Phi) is 3.62. The Morgan fingerprint density at radius 2 is 1.88 bits per heavy atom. The van der Waals surface area contributed by atoms with Gasteiger partial charge in [0.05, 0.1) is 6.10 Å². The zero-order chi connectivity index (χ0) is 12.6. The minimum atomic E-state index is -0.225. The fraction of sp³-hybridized carbons (Fsp3) is 0.733. The van der Waals surface area contributed by atoms with Crippen molar-refractivity contribution in [3.05, 3.63) is 25.0 Å². The van der Waals surface area contributed by atoms with Crippen LogP contribution in [0.3, 0.4) is 0 Å². The zero-order valence-electron chi connectivity index (χ0n) is 10.9. The molecule has 2 fully saturated rings. The first-order valence-electron chi connectivity index (χ1n) is 6.69. The van der Waals surface area contributed by atoms with Crippen LogP contribution in [0.4, 0.5) is 0 Å². The van der Waals surface area contributed by atoms with E-state index in [4.69, 9.17) is 4.74 Å². The Bertz CT molecular complexity index is 310. The van der Waals surface area contributed by atoms with Crippen molar-refractivity contribution in [2.24, 2.45) is 23.7 Å². The van der Waals surface area contributed by atoms with Crippen LogP contribution >= 0.6 is 0 Å². The Labute approximate surface area is 104 Å². The van der Waals surface area contributed by atoms with Crippen molar-refractivity contribution in [1.82, 2.24) is 0 Å². The lowest BCUT2D eigenvalue weighted by Gasteiger charge is -2.48. The first-order valence-corrected chi connectivity index (χ1v) is 6.69. The van der Waals surface area contributed by atoms with E-state index in [2.05, 4.69) is 27.0 Å². The van der Waals surface area contributed by atoms with Gasteiger partial charge in [0.2, 0.25) is 0 Å². The molecule has 2 rings (SSSR count). The summed E-state index contributed by atoms with van der Waals surface area (Å²) in [5.74, 6) is 2.56. The van der Waals surface area contributed by atoms with Crippen molar-refractivity contribution < 1.29 is 9.84 Å². The average molecular weight is 236 g/mol. The average Bonchev–Trinajstić information content (AvgIpc) is 2.31. The van der Waals surface area contributed by atoms with E-state index in [1.807, 2.05) is 0 Å². The molecule has 0 heterocycles. The van der Waals surface area contributed by atoms with Crippen molar-refractivity contribution in [1.29, 1.82) is 0 Å². The molecule has 1 N–H and O–H groups in total. The standard InChI is InChI=1S/C15H24O2/c1-5-10(3)17-15-11(4)14(16)12-6-9(2)7-13(15)8-12/h5,9,11-16H,1,3,6-8H2,2,4H3. The number of rotatable bonds is 3. The summed E-state index contributed by atoms with van der Waals surface area (Å²) >= 11 is 0. The second-order valence-corrected chi connectivity index (χ2v) is 5.94. The third-order valence-corrected chi connectivity index (χ3v) is 4.54. The smallest absolute Gasteiger partial charge is 0.111 e. The van der Waals surface area contributed by atoms with Crippen LogP contribution < -0.4 is 0 Å². The van der Waals surface area contributed by atoms with Crippen LogP contribution in [0.15, 0.2) is 25.0 Å².